The van der Waals surface area contributed by atoms with Crippen molar-refractivity contribution >= 4 is 44.1 Å². The highest BCUT2D eigenvalue weighted by Gasteiger charge is 2.38. The van der Waals surface area contributed by atoms with Crippen molar-refractivity contribution in [3.63, 3.8) is 0 Å². The number of carbonyl (C=O) groups is 2. The van der Waals surface area contributed by atoms with Crippen molar-refractivity contribution in [3.8, 4) is 0 Å². The van der Waals surface area contributed by atoms with E-state index < -0.39 is 30.3 Å². The molecule has 0 aromatic carbocycles. The summed E-state index contributed by atoms with van der Waals surface area (Å²) in [7, 11) is 0. The van der Waals surface area contributed by atoms with Gasteiger partial charge in [0.15, 0.2) is 5.69 Å². The molecule has 1 aliphatic carbocycles. The predicted octanol–water partition coefficient (Wildman–Crippen LogP) is 6.00. The van der Waals surface area contributed by atoms with Crippen LogP contribution in [-0.4, -0.2) is 28.3 Å². The molecule has 182 valence electrons. The molecular formula is C22H27BrF3N3O3S. The molecule has 33 heavy (non-hydrogen) atoms. The van der Waals surface area contributed by atoms with Crippen LogP contribution in [0.25, 0.3) is 0 Å². The Morgan fingerprint density at radius 2 is 1.97 bits per heavy atom. The summed E-state index contributed by atoms with van der Waals surface area (Å²) in [6.07, 6.45) is -2.21. The molecule has 2 heterocycles. The molecule has 0 aliphatic heterocycles. The van der Waals surface area contributed by atoms with Crippen molar-refractivity contribution in [2.24, 2.45) is 11.3 Å². The number of nitrogens with one attached hydrogen (secondary N) is 1. The van der Waals surface area contributed by atoms with Gasteiger partial charge in [0.25, 0.3) is 0 Å². The second kappa shape index (κ2) is 9.40. The van der Waals surface area contributed by atoms with Crippen molar-refractivity contribution < 1.29 is 27.5 Å². The average Bonchev–Trinajstić information content (AvgIpc) is 3.18. The minimum absolute atomic E-state index is 0.108. The number of rotatable bonds is 5. The number of hydrogen-bond donors (Lipinski definition) is 1. The van der Waals surface area contributed by atoms with Gasteiger partial charge in [-0.2, -0.15) is 18.3 Å². The Kier molecular flexibility index (Phi) is 7.33. The minimum Gasteiger partial charge on any atom is -0.462 e. The van der Waals surface area contributed by atoms with Crippen molar-refractivity contribution in [2.75, 3.05) is 11.9 Å². The first-order valence-corrected chi connectivity index (χ1v) is 12.3. The lowest BCUT2D eigenvalue weighted by molar-refractivity contribution is -0.142. The number of fused-ring (bicyclic) bond motifs is 1. The fraction of sp³-hybridized carbons (Fsp3) is 0.591. The maximum Gasteiger partial charge on any atom is 0.436 e. The third-order valence-corrected chi connectivity index (χ3v) is 8.04. The van der Waals surface area contributed by atoms with E-state index in [0.717, 1.165) is 28.0 Å². The minimum atomic E-state index is -4.64. The van der Waals surface area contributed by atoms with E-state index in [1.54, 1.807) is 6.92 Å². The van der Waals surface area contributed by atoms with Crippen molar-refractivity contribution in [1.29, 1.82) is 0 Å². The number of esters is 1. The van der Waals surface area contributed by atoms with E-state index in [1.807, 2.05) is 0 Å². The predicted molar refractivity (Wildman–Crippen MR) is 124 cm³/mol. The zero-order valence-electron chi connectivity index (χ0n) is 19.2. The Morgan fingerprint density at radius 1 is 1.30 bits per heavy atom. The Bertz CT molecular complexity index is 1070. The van der Waals surface area contributed by atoms with Gasteiger partial charge in [-0.1, -0.05) is 20.8 Å². The van der Waals surface area contributed by atoms with Crippen LogP contribution in [0.2, 0.25) is 0 Å². The van der Waals surface area contributed by atoms with Gasteiger partial charge in [-0.3, -0.25) is 9.48 Å². The molecule has 3 rings (SSSR count). The van der Waals surface area contributed by atoms with E-state index in [2.05, 4.69) is 47.1 Å². The summed E-state index contributed by atoms with van der Waals surface area (Å²) in [5, 5.41) is 6.65. The topological polar surface area (TPSA) is 73.2 Å². The second-order valence-corrected chi connectivity index (χ2v) is 11.1. The normalized spacial score (nSPS) is 16.5. The maximum absolute atomic E-state index is 13.1. The number of thiophene rings is 1. The van der Waals surface area contributed by atoms with Crippen LogP contribution in [0.5, 0.6) is 0 Å². The van der Waals surface area contributed by atoms with Gasteiger partial charge in [-0.15, -0.1) is 11.3 Å². The SMILES string of the molecule is CCOC(=O)c1c(NC(=O)Cn2nc(C(F)(F)F)c(Br)c2C)sc2c1CC[C@H](C(C)(C)C)C2. The number of carbonyl (C=O) groups excluding carboxylic acids is 2. The summed E-state index contributed by atoms with van der Waals surface area (Å²) in [5.41, 5.74) is 0.455. The summed E-state index contributed by atoms with van der Waals surface area (Å²) < 4.78 is 45.4. The molecule has 1 atom stereocenters. The summed E-state index contributed by atoms with van der Waals surface area (Å²) in [5.74, 6) is -0.637. The van der Waals surface area contributed by atoms with Gasteiger partial charge < -0.3 is 10.1 Å². The summed E-state index contributed by atoms with van der Waals surface area (Å²) >= 11 is 4.25. The van der Waals surface area contributed by atoms with E-state index in [9.17, 15) is 22.8 Å². The van der Waals surface area contributed by atoms with Crippen LogP contribution in [0.15, 0.2) is 4.47 Å². The van der Waals surface area contributed by atoms with Crippen LogP contribution >= 0.6 is 27.3 Å². The first-order valence-electron chi connectivity index (χ1n) is 10.7. The number of ether oxygens (including phenoxy) is 1. The van der Waals surface area contributed by atoms with Gasteiger partial charge in [0.1, 0.15) is 11.5 Å². The molecule has 2 aromatic heterocycles. The van der Waals surface area contributed by atoms with Crippen LogP contribution in [0.4, 0.5) is 18.2 Å². The number of hydrogen-bond acceptors (Lipinski definition) is 5. The number of nitrogens with zero attached hydrogens (tertiary/aromatic N) is 2. The molecule has 1 amide bonds. The molecule has 0 fully saturated rings. The summed E-state index contributed by atoms with van der Waals surface area (Å²) in [4.78, 5) is 26.5. The van der Waals surface area contributed by atoms with E-state index >= 15 is 0 Å². The monoisotopic (exact) mass is 549 g/mol. The molecule has 0 saturated heterocycles. The Labute approximate surface area is 203 Å². The first kappa shape index (κ1) is 25.7. The van der Waals surface area contributed by atoms with Crippen LogP contribution in [0.1, 0.15) is 66.3 Å². The van der Waals surface area contributed by atoms with Crippen LogP contribution in [0.3, 0.4) is 0 Å². The summed E-state index contributed by atoms with van der Waals surface area (Å²) in [6, 6.07) is 0. The molecule has 0 bridgehead atoms. The molecular weight excluding hydrogens is 523 g/mol. The molecule has 0 radical (unpaired) electrons. The largest absolute Gasteiger partial charge is 0.462 e. The van der Waals surface area contributed by atoms with Crippen LogP contribution in [0, 0.1) is 18.3 Å². The van der Waals surface area contributed by atoms with Gasteiger partial charge in [0.2, 0.25) is 5.91 Å². The zero-order valence-corrected chi connectivity index (χ0v) is 21.6. The highest BCUT2D eigenvalue weighted by atomic mass is 79.9. The van der Waals surface area contributed by atoms with Gasteiger partial charge in [-0.05, 0) is 65.9 Å². The van der Waals surface area contributed by atoms with Crippen molar-refractivity contribution in [1.82, 2.24) is 9.78 Å². The molecule has 11 heteroatoms. The van der Waals surface area contributed by atoms with Gasteiger partial charge in [0.05, 0.1) is 22.3 Å². The second-order valence-electron chi connectivity index (χ2n) is 9.19. The van der Waals surface area contributed by atoms with Gasteiger partial charge in [0, 0.05) is 4.88 Å². The molecule has 2 aromatic rings. The fourth-order valence-electron chi connectivity index (χ4n) is 3.99. The zero-order chi connectivity index (χ0) is 24.7. The number of anilines is 1. The number of amides is 1. The van der Waals surface area contributed by atoms with E-state index in [0.29, 0.717) is 22.9 Å². The van der Waals surface area contributed by atoms with Gasteiger partial charge in [-0.25, -0.2) is 4.79 Å². The average molecular weight is 550 g/mol. The molecule has 1 N–H and O–H groups in total. The quantitative estimate of drug-likeness (QED) is 0.464. The lowest BCUT2D eigenvalue weighted by Crippen LogP contribution is -2.26. The van der Waals surface area contributed by atoms with E-state index in [4.69, 9.17) is 4.74 Å². The number of halogens is 4. The van der Waals surface area contributed by atoms with Crippen molar-refractivity contribution in [3.05, 3.63) is 31.9 Å². The molecule has 0 unspecified atom stereocenters. The fourth-order valence-corrected chi connectivity index (χ4v) is 5.83. The summed E-state index contributed by atoms with van der Waals surface area (Å²) in [6.45, 7) is 9.49. The number of aromatic nitrogens is 2. The third kappa shape index (κ3) is 5.45. The highest BCUT2D eigenvalue weighted by molar-refractivity contribution is 9.10. The first-order chi connectivity index (χ1) is 15.2. The molecule has 0 saturated carbocycles. The maximum atomic E-state index is 13.1. The van der Waals surface area contributed by atoms with E-state index in [-0.39, 0.29) is 22.2 Å². The van der Waals surface area contributed by atoms with Crippen LogP contribution in [-0.2, 0) is 35.1 Å². The molecule has 0 spiro atoms. The smallest absolute Gasteiger partial charge is 0.436 e. The van der Waals surface area contributed by atoms with Gasteiger partial charge >= 0.3 is 12.1 Å². The lowest BCUT2D eigenvalue weighted by atomic mass is 9.72. The Hall–Kier alpha value is -1.88. The van der Waals surface area contributed by atoms with E-state index in [1.165, 1.54) is 18.3 Å². The Balaban J connectivity index is 1.88. The standard InChI is InChI=1S/C22H27BrF3N3O3S/c1-6-32-20(31)16-13-8-7-12(21(3,4)5)9-14(13)33-19(16)27-15(30)10-29-11(2)17(23)18(28-29)22(24,25)26/h12H,6-10H2,1-5H3,(H,27,30)/t12-/m0/s1. The molecule has 6 nitrogen and oxygen atoms in total. The third-order valence-electron chi connectivity index (χ3n) is 5.92. The number of alkyl halides is 3. The Morgan fingerprint density at radius 3 is 2.52 bits per heavy atom. The lowest BCUT2D eigenvalue weighted by Gasteiger charge is -2.33. The van der Waals surface area contributed by atoms with Crippen LogP contribution < -0.4 is 5.32 Å². The molecule has 1 aliphatic rings. The van der Waals surface area contributed by atoms with Crippen molar-refractivity contribution in [2.45, 2.75) is 66.6 Å². The highest BCUT2D eigenvalue weighted by Crippen LogP contribution is 2.44.